The van der Waals surface area contributed by atoms with Crippen LogP contribution in [0, 0.1) is 17.8 Å². The van der Waals surface area contributed by atoms with Crippen LogP contribution in [0.2, 0.25) is 0 Å². The molecule has 0 unspecified atom stereocenters. The molecule has 0 aliphatic heterocycles. The molecule has 1 nitrogen and oxygen atoms in total. The molecule has 0 atom stereocenters. The third-order valence-electron chi connectivity index (χ3n) is 4.94. The maximum absolute atomic E-state index is 11.9. The van der Waals surface area contributed by atoms with Gasteiger partial charge in [0.25, 0.3) is 0 Å². The van der Waals surface area contributed by atoms with Gasteiger partial charge in [-0.15, -0.1) is 0 Å². The van der Waals surface area contributed by atoms with E-state index < -0.39 is 0 Å². The Labute approximate surface area is 116 Å². The predicted molar refractivity (Wildman–Crippen MR) is 77.7 cm³/mol. The quantitative estimate of drug-likeness (QED) is 0.746. The van der Waals surface area contributed by atoms with E-state index in [2.05, 4.69) is 6.08 Å². The van der Waals surface area contributed by atoms with E-state index in [-0.39, 0.29) is 12.8 Å². The van der Waals surface area contributed by atoms with E-state index in [0.717, 1.165) is 24.7 Å². The number of halogens is 1. The summed E-state index contributed by atoms with van der Waals surface area (Å²) in [6.45, 7) is -0.370. The third kappa shape index (κ3) is 4.76. The highest BCUT2D eigenvalue weighted by Crippen LogP contribution is 2.40. The molecule has 19 heavy (non-hydrogen) atoms. The number of aliphatic hydroxyl groups is 1. The summed E-state index contributed by atoms with van der Waals surface area (Å²) < 4.78 is 11.9. The lowest BCUT2D eigenvalue weighted by molar-refractivity contribution is 0.0793. The summed E-state index contributed by atoms with van der Waals surface area (Å²) in [6, 6.07) is 0. The maximum Gasteiger partial charge on any atom is 0.108 e. The summed E-state index contributed by atoms with van der Waals surface area (Å²) in [7, 11) is 0. The molecule has 0 aromatic heterocycles. The van der Waals surface area contributed by atoms with Crippen LogP contribution in [-0.4, -0.2) is 17.9 Å². The Bertz CT molecular complexity index is 294. The smallest absolute Gasteiger partial charge is 0.108 e. The molecule has 0 aromatic rings. The summed E-state index contributed by atoms with van der Waals surface area (Å²) in [5.41, 5.74) is 0. The minimum Gasteiger partial charge on any atom is -0.393 e. The molecule has 0 spiro atoms. The molecule has 2 aliphatic carbocycles. The van der Waals surface area contributed by atoms with Crippen molar-refractivity contribution in [2.24, 2.45) is 17.8 Å². The van der Waals surface area contributed by atoms with Crippen molar-refractivity contribution in [3.8, 4) is 0 Å². The van der Waals surface area contributed by atoms with Crippen LogP contribution < -0.4 is 0 Å². The molecule has 0 heterocycles. The molecule has 2 rings (SSSR count). The third-order valence-corrected chi connectivity index (χ3v) is 4.94. The van der Waals surface area contributed by atoms with Crippen molar-refractivity contribution >= 4 is 0 Å². The first-order valence-corrected chi connectivity index (χ1v) is 7.87. The molecule has 0 aromatic carbocycles. The molecule has 2 fully saturated rings. The molecule has 1 N–H and O–H groups in total. The van der Waals surface area contributed by atoms with Gasteiger partial charge in [0.15, 0.2) is 0 Å². The van der Waals surface area contributed by atoms with E-state index in [4.69, 9.17) is 0 Å². The van der Waals surface area contributed by atoms with Gasteiger partial charge >= 0.3 is 0 Å². The first-order chi connectivity index (χ1) is 9.29. The molecule has 0 bridgehead atoms. The summed E-state index contributed by atoms with van der Waals surface area (Å²) in [4.78, 5) is 0. The lowest BCUT2D eigenvalue weighted by atomic mass is 9.70. The van der Waals surface area contributed by atoms with Gasteiger partial charge in [0.1, 0.15) is 6.67 Å². The van der Waals surface area contributed by atoms with Gasteiger partial charge in [-0.1, -0.05) is 24.3 Å². The highest BCUT2D eigenvalue weighted by molar-refractivity contribution is 5.05. The van der Waals surface area contributed by atoms with Crippen LogP contribution in [0.15, 0.2) is 24.3 Å². The van der Waals surface area contributed by atoms with E-state index in [9.17, 15) is 9.50 Å². The van der Waals surface area contributed by atoms with Gasteiger partial charge in [-0.2, -0.15) is 0 Å². The summed E-state index contributed by atoms with van der Waals surface area (Å²) in [5.74, 6) is 2.44. The fraction of sp³-hybridized carbons (Fsp3) is 0.765. The van der Waals surface area contributed by atoms with Crippen LogP contribution in [0.4, 0.5) is 4.39 Å². The Morgan fingerprint density at radius 3 is 2.00 bits per heavy atom. The average molecular weight is 266 g/mol. The van der Waals surface area contributed by atoms with Crippen LogP contribution >= 0.6 is 0 Å². The summed E-state index contributed by atoms with van der Waals surface area (Å²) in [6.07, 6.45) is 17.3. The zero-order chi connectivity index (χ0) is 13.5. The van der Waals surface area contributed by atoms with E-state index in [1.165, 1.54) is 38.5 Å². The Morgan fingerprint density at radius 1 is 0.842 bits per heavy atom. The van der Waals surface area contributed by atoms with Gasteiger partial charge in [0, 0.05) is 0 Å². The van der Waals surface area contributed by atoms with Gasteiger partial charge in [0.2, 0.25) is 0 Å². The lowest BCUT2D eigenvalue weighted by Gasteiger charge is -2.36. The number of alkyl halides is 1. The Hall–Kier alpha value is -0.630. The molecular formula is C17H27FO. The number of aliphatic hydroxyl groups excluding tert-OH is 1. The Morgan fingerprint density at radius 2 is 1.42 bits per heavy atom. The van der Waals surface area contributed by atoms with Crippen molar-refractivity contribution in [3.63, 3.8) is 0 Å². The largest absolute Gasteiger partial charge is 0.393 e. The predicted octanol–water partition coefficient (Wildman–Crippen LogP) is 4.43. The number of allylic oxidation sites excluding steroid dienone is 4. The van der Waals surface area contributed by atoms with Crippen molar-refractivity contribution in [1.29, 1.82) is 0 Å². The monoisotopic (exact) mass is 266 g/mol. The average Bonchev–Trinajstić information content (AvgIpc) is 2.45. The second-order valence-corrected chi connectivity index (χ2v) is 6.21. The highest BCUT2D eigenvalue weighted by Gasteiger charge is 2.29. The van der Waals surface area contributed by atoms with Crippen LogP contribution in [0.3, 0.4) is 0 Å². The highest BCUT2D eigenvalue weighted by atomic mass is 19.1. The molecule has 0 saturated heterocycles. The van der Waals surface area contributed by atoms with Crippen molar-refractivity contribution < 1.29 is 9.50 Å². The van der Waals surface area contributed by atoms with Crippen LogP contribution in [-0.2, 0) is 0 Å². The maximum atomic E-state index is 11.9. The van der Waals surface area contributed by atoms with Crippen LogP contribution in [0.5, 0.6) is 0 Å². The normalized spacial score (nSPS) is 37.2. The van der Waals surface area contributed by atoms with E-state index >= 15 is 0 Å². The fourth-order valence-corrected chi connectivity index (χ4v) is 3.73. The molecule has 2 aliphatic rings. The fourth-order valence-electron chi connectivity index (χ4n) is 3.73. The number of hydrogen-bond acceptors (Lipinski definition) is 1. The summed E-state index contributed by atoms with van der Waals surface area (Å²) in [5, 5.41) is 9.57. The standard InChI is InChI=1S/C17H27FO/c18-13-3-1-2-4-14-5-7-15(8-6-14)16-9-11-17(19)12-10-16/h1-4,14-17,19H,5-13H2. The Balaban J connectivity index is 1.70. The molecule has 0 amide bonds. The molecule has 2 saturated carbocycles. The first kappa shape index (κ1) is 14.8. The van der Waals surface area contributed by atoms with Crippen LogP contribution in [0.1, 0.15) is 51.4 Å². The zero-order valence-electron chi connectivity index (χ0n) is 11.8. The second-order valence-electron chi connectivity index (χ2n) is 6.21. The second kappa shape index (κ2) is 7.84. The van der Waals surface area contributed by atoms with Gasteiger partial charge in [-0.25, -0.2) is 4.39 Å². The van der Waals surface area contributed by atoms with Gasteiger partial charge in [-0.05, 0) is 69.1 Å². The van der Waals surface area contributed by atoms with E-state index in [1.807, 2.05) is 12.2 Å². The molecule has 0 radical (unpaired) electrons. The summed E-state index contributed by atoms with van der Waals surface area (Å²) >= 11 is 0. The van der Waals surface area contributed by atoms with Gasteiger partial charge < -0.3 is 5.11 Å². The topological polar surface area (TPSA) is 20.2 Å². The first-order valence-electron chi connectivity index (χ1n) is 7.87. The molecule has 2 heteroatoms. The number of hydrogen-bond donors (Lipinski definition) is 1. The minimum absolute atomic E-state index is 0.0298. The number of rotatable bonds is 4. The van der Waals surface area contributed by atoms with E-state index in [0.29, 0.717) is 5.92 Å². The van der Waals surface area contributed by atoms with Crippen molar-refractivity contribution in [2.75, 3.05) is 6.67 Å². The molecular weight excluding hydrogens is 239 g/mol. The minimum atomic E-state index is -0.370. The Kier molecular flexibility index (Phi) is 6.09. The van der Waals surface area contributed by atoms with E-state index in [1.54, 1.807) is 6.08 Å². The van der Waals surface area contributed by atoms with Gasteiger partial charge in [0.05, 0.1) is 6.10 Å². The zero-order valence-corrected chi connectivity index (χ0v) is 11.8. The lowest BCUT2D eigenvalue weighted by Crippen LogP contribution is -2.27. The van der Waals surface area contributed by atoms with Gasteiger partial charge in [-0.3, -0.25) is 0 Å². The van der Waals surface area contributed by atoms with Crippen molar-refractivity contribution in [1.82, 2.24) is 0 Å². The molecule has 108 valence electrons. The van der Waals surface area contributed by atoms with Crippen molar-refractivity contribution in [3.05, 3.63) is 24.3 Å². The van der Waals surface area contributed by atoms with Crippen molar-refractivity contribution in [2.45, 2.75) is 57.5 Å². The van der Waals surface area contributed by atoms with Crippen LogP contribution in [0.25, 0.3) is 0 Å². The SMILES string of the molecule is OC1CCC(C2CCC(C=CC=CCF)CC2)CC1.